The highest BCUT2D eigenvalue weighted by Gasteiger charge is 2.24. The number of likely N-dealkylation sites (tertiary alicyclic amines) is 1. The molecule has 1 atom stereocenters. The molecule has 4 aromatic rings. The number of para-hydroxylation sites is 1. The van der Waals surface area contributed by atoms with Crippen molar-refractivity contribution in [2.45, 2.75) is 45.2 Å². The van der Waals surface area contributed by atoms with Gasteiger partial charge in [0.1, 0.15) is 22.6 Å². The molecule has 6 heteroatoms. The Morgan fingerprint density at radius 1 is 1.23 bits per heavy atom. The van der Waals surface area contributed by atoms with Gasteiger partial charge in [-0.05, 0) is 50.1 Å². The largest absolute Gasteiger partial charge is 0.507 e. The summed E-state index contributed by atoms with van der Waals surface area (Å²) < 4.78 is 7.01. The molecular weight excluding hydrogens is 396 g/mol. The fourth-order valence-corrected chi connectivity index (χ4v) is 5.44. The normalized spacial score (nSPS) is 17.7. The van der Waals surface area contributed by atoms with E-state index in [1.165, 1.54) is 30.4 Å². The highest BCUT2D eigenvalue weighted by Crippen LogP contribution is 2.33. The van der Waals surface area contributed by atoms with Crippen LogP contribution in [-0.4, -0.2) is 27.6 Å². The van der Waals surface area contributed by atoms with Crippen molar-refractivity contribution in [2.75, 3.05) is 6.54 Å². The van der Waals surface area contributed by atoms with Crippen molar-refractivity contribution in [3.63, 3.8) is 0 Å². The number of fused-ring (bicyclic) bond motifs is 2. The van der Waals surface area contributed by atoms with E-state index in [1.807, 2.05) is 24.3 Å². The van der Waals surface area contributed by atoms with Crippen molar-refractivity contribution < 1.29 is 9.52 Å². The van der Waals surface area contributed by atoms with Crippen molar-refractivity contribution in [3.05, 3.63) is 58.4 Å². The second kappa shape index (κ2) is 7.85. The van der Waals surface area contributed by atoms with Gasteiger partial charge in [0, 0.05) is 12.6 Å². The summed E-state index contributed by atoms with van der Waals surface area (Å²) in [7, 11) is 0. The smallest absolute Gasteiger partial charge is 0.202 e. The molecule has 1 N–H and O–H groups in total. The van der Waals surface area contributed by atoms with E-state index >= 15 is 0 Å². The van der Waals surface area contributed by atoms with Crippen LogP contribution in [0, 0.1) is 0 Å². The summed E-state index contributed by atoms with van der Waals surface area (Å²) in [5.74, 6) is 0.179. The van der Waals surface area contributed by atoms with Gasteiger partial charge in [-0.3, -0.25) is 9.69 Å². The topological polar surface area (TPSA) is 66.6 Å². The molecule has 0 aliphatic carbocycles. The maximum Gasteiger partial charge on any atom is 0.202 e. The second-order valence-corrected chi connectivity index (χ2v) is 8.96. The number of rotatable bonds is 4. The first kappa shape index (κ1) is 19.3. The number of phenolic OH excluding ortho intramolecular Hbond substituents is 1. The van der Waals surface area contributed by atoms with Gasteiger partial charge in [0.2, 0.25) is 5.43 Å². The zero-order valence-corrected chi connectivity index (χ0v) is 17.7. The van der Waals surface area contributed by atoms with E-state index in [0.29, 0.717) is 39.7 Å². The summed E-state index contributed by atoms with van der Waals surface area (Å²) in [6.45, 7) is 3.80. The molecule has 1 saturated heterocycles. The minimum absolute atomic E-state index is 0.109. The van der Waals surface area contributed by atoms with Gasteiger partial charge in [-0.25, -0.2) is 4.98 Å². The summed E-state index contributed by atoms with van der Waals surface area (Å²) in [5, 5.41) is 11.7. The van der Waals surface area contributed by atoms with E-state index in [-0.39, 0.29) is 11.2 Å². The number of hydrogen-bond donors (Lipinski definition) is 1. The van der Waals surface area contributed by atoms with Gasteiger partial charge in [0.15, 0.2) is 0 Å². The van der Waals surface area contributed by atoms with Crippen LogP contribution in [0.3, 0.4) is 0 Å². The number of nitrogens with zero attached hydrogens (tertiary/aromatic N) is 2. The Labute approximate surface area is 178 Å². The molecule has 0 unspecified atom stereocenters. The maximum atomic E-state index is 13.3. The van der Waals surface area contributed by atoms with Gasteiger partial charge >= 0.3 is 0 Å². The predicted molar refractivity (Wildman–Crippen MR) is 121 cm³/mol. The minimum atomic E-state index is -0.109. The predicted octanol–water partition coefficient (Wildman–Crippen LogP) is 5.54. The molecule has 1 aliphatic heterocycles. The molecule has 3 heterocycles. The summed E-state index contributed by atoms with van der Waals surface area (Å²) in [6.07, 6.45) is 6.16. The second-order valence-electron chi connectivity index (χ2n) is 7.93. The average molecular weight is 421 g/mol. The Morgan fingerprint density at radius 2 is 2.10 bits per heavy atom. The summed E-state index contributed by atoms with van der Waals surface area (Å²) in [4.78, 5) is 20.3. The Hall–Kier alpha value is -2.70. The van der Waals surface area contributed by atoms with Gasteiger partial charge in [-0.2, -0.15) is 0 Å². The van der Waals surface area contributed by atoms with Gasteiger partial charge in [0.05, 0.1) is 26.7 Å². The molecule has 0 radical (unpaired) electrons. The van der Waals surface area contributed by atoms with Crippen molar-refractivity contribution in [2.24, 2.45) is 0 Å². The van der Waals surface area contributed by atoms with E-state index in [9.17, 15) is 9.90 Å². The molecule has 1 fully saturated rings. The molecule has 154 valence electrons. The number of piperidine rings is 1. The number of thiazole rings is 1. The van der Waals surface area contributed by atoms with Gasteiger partial charge < -0.3 is 9.52 Å². The van der Waals surface area contributed by atoms with Gasteiger partial charge in [-0.15, -0.1) is 11.3 Å². The molecular formula is C24H24N2O3S. The zero-order chi connectivity index (χ0) is 20.7. The highest BCUT2D eigenvalue weighted by atomic mass is 32.1. The van der Waals surface area contributed by atoms with E-state index < -0.39 is 0 Å². The van der Waals surface area contributed by atoms with Crippen molar-refractivity contribution in [1.82, 2.24) is 9.88 Å². The molecule has 1 aliphatic rings. The first-order chi connectivity index (χ1) is 14.7. The molecule has 30 heavy (non-hydrogen) atoms. The monoisotopic (exact) mass is 420 g/mol. The lowest BCUT2D eigenvalue weighted by molar-refractivity contribution is 0.135. The van der Waals surface area contributed by atoms with E-state index in [0.717, 1.165) is 29.6 Å². The number of aromatic nitrogens is 1. The lowest BCUT2D eigenvalue weighted by Gasteiger charge is -2.35. The van der Waals surface area contributed by atoms with Gasteiger partial charge in [-0.1, -0.05) is 25.5 Å². The number of benzene rings is 2. The Balaban J connectivity index is 1.59. The Bertz CT molecular complexity index is 1240. The fraction of sp³-hybridized carbons (Fsp3) is 0.333. The van der Waals surface area contributed by atoms with Crippen LogP contribution in [0.2, 0.25) is 0 Å². The SMILES string of the molecule is CC[C@H]1CCCCN1Cc1c(O)ccc2c(=O)c(-c3nc4ccccc4s3)coc12. The van der Waals surface area contributed by atoms with Crippen LogP contribution in [0.5, 0.6) is 5.75 Å². The number of hydrogen-bond acceptors (Lipinski definition) is 6. The Kier molecular flexibility index (Phi) is 5.05. The molecule has 0 bridgehead atoms. The van der Waals surface area contributed by atoms with Gasteiger partial charge in [0.25, 0.3) is 0 Å². The van der Waals surface area contributed by atoms with Crippen LogP contribution in [0.25, 0.3) is 31.8 Å². The van der Waals surface area contributed by atoms with E-state index in [4.69, 9.17) is 4.42 Å². The molecule has 0 amide bonds. The summed E-state index contributed by atoms with van der Waals surface area (Å²) in [5.41, 5.74) is 2.40. The quantitative estimate of drug-likeness (QED) is 0.469. The Morgan fingerprint density at radius 3 is 2.93 bits per heavy atom. The third-order valence-corrected chi connectivity index (χ3v) is 7.20. The standard InChI is InChI=1S/C24H24N2O3S/c1-2-15-7-5-6-12-26(15)13-17-20(27)11-10-16-22(28)18(14-29-23(16)17)24-25-19-8-3-4-9-21(19)30-24/h3-4,8-11,14-15,27H,2,5-7,12-13H2,1H3/t15-/m0/s1. The highest BCUT2D eigenvalue weighted by molar-refractivity contribution is 7.21. The van der Waals surface area contributed by atoms with Crippen molar-refractivity contribution in [1.29, 1.82) is 0 Å². The minimum Gasteiger partial charge on any atom is -0.507 e. The van der Waals surface area contributed by atoms with Crippen LogP contribution in [0.4, 0.5) is 0 Å². The third kappa shape index (κ3) is 3.30. The molecule has 5 nitrogen and oxygen atoms in total. The number of aromatic hydroxyl groups is 1. The van der Waals surface area contributed by atoms with Crippen LogP contribution in [0.1, 0.15) is 38.2 Å². The number of phenols is 1. The first-order valence-corrected chi connectivity index (χ1v) is 11.3. The van der Waals surface area contributed by atoms with Crippen LogP contribution in [0.15, 0.2) is 51.9 Å². The molecule has 2 aromatic heterocycles. The van der Waals surface area contributed by atoms with E-state index in [2.05, 4.69) is 16.8 Å². The molecule has 0 saturated carbocycles. The van der Waals surface area contributed by atoms with Crippen LogP contribution in [-0.2, 0) is 6.54 Å². The molecule has 0 spiro atoms. The average Bonchev–Trinajstić information content (AvgIpc) is 3.20. The zero-order valence-electron chi connectivity index (χ0n) is 16.9. The first-order valence-electron chi connectivity index (χ1n) is 10.5. The molecule has 5 rings (SSSR count). The van der Waals surface area contributed by atoms with Crippen LogP contribution >= 0.6 is 11.3 Å². The summed E-state index contributed by atoms with van der Waals surface area (Å²) >= 11 is 1.48. The van der Waals surface area contributed by atoms with Crippen LogP contribution < -0.4 is 5.43 Å². The lowest BCUT2D eigenvalue weighted by Crippen LogP contribution is -2.38. The van der Waals surface area contributed by atoms with Crippen molar-refractivity contribution in [3.8, 4) is 16.3 Å². The third-order valence-electron chi connectivity index (χ3n) is 6.13. The molecule has 2 aromatic carbocycles. The lowest BCUT2D eigenvalue weighted by atomic mass is 9.98. The fourth-order valence-electron chi connectivity index (χ4n) is 4.47. The van der Waals surface area contributed by atoms with Crippen molar-refractivity contribution >= 4 is 32.5 Å². The summed E-state index contributed by atoms with van der Waals surface area (Å²) in [6, 6.07) is 11.6. The maximum absolute atomic E-state index is 13.3. The van der Waals surface area contributed by atoms with E-state index in [1.54, 1.807) is 12.1 Å².